The lowest BCUT2D eigenvalue weighted by atomic mass is 10.3. The first-order valence-electron chi connectivity index (χ1n) is 8.18. The molecule has 1 amide bonds. The third kappa shape index (κ3) is 5.29. The van der Waals surface area contributed by atoms with Gasteiger partial charge in [-0.05, 0) is 36.4 Å². The van der Waals surface area contributed by atoms with Gasteiger partial charge in [0.25, 0.3) is 0 Å². The van der Waals surface area contributed by atoms with E-state index in [0.717, 1.165) is 5.56 Å². The number of hydrogen-bond donors (Lipinski definition) is 1. The highest BCUT2D eigenvalue weighted by molar-refractivity contribution is 7.99. The van der Waals surface area contributed by atoms with Gasteiger partial charge in [0.05, 0.1) is 18.9 Å². The molecule has 0 unspecified atom stereocenters. The maximum atomic E-state index is 12.2. The second kappa shape index (κ2) is 9.50. The largest absolute Gasteiger partial charge is 0.383 e. The van der Waals surface area contributed by atoms with Crippen LogP contribution in [0.1, 0.15) is 0 Å². The molecule has 3 rings (SSSR count). The lowest BCUT2D eigenvalue weighted by Gasteiger charge is -2.09. The van der Waals surface area contributed by atoms with Gasteiger partial charge >= 0.3 is 0 Å². The molecule has 0 aliphatic rings. The number of rotatable bonds is 8. The number of carbonyl (C=O) groups excluding carboxylic acids is 1. The van der Waals surface area contributed by atoms with Crippen molar-refractivity contribution >= 4 is 35.0 Å². The average molecular weight is 404 g/mol. The quantitative estimate of drug-likeness (QED) is 0.581. The van der Waals surface area contributed by atoms with Crippen LogP contribution in [-0.2, 0) is 16.1 Å². The standard InChI is InChI=1S/C18H18ClN5O2S/c1-26-10-9-24-17(13-3-2-8-20-11-13)22-23-18(24)27-12-16(25)21-15-6-4-14(19)5-7-15/h2-8,11H,9-10,12H2,1H3,(H,21,25). The fraction of sp³-hybridized carbons (Fsp3) is 0.222. The molecule has 0 aliphatic carbocycles. The van der Waals surface area contributed by atoms with Crippen LogP contribution in [0.5, 0.6) is 0 Å². The van der Waals surface area contributed by atoms with Crippen molar-refractivity contribution in [3.05, 3.63) is 53.8 Å². The number of methoxy groups -OCH3 is 1. The van der Waals surface area contributed by atoms with E-state index in [1.165, 1.54) is 11.8 Å². The molecule has 27 heavy (non-hydrogen) atoms. The molecule has 0 saturated heterocycles. The van der Waals surface area contributed by atoms with Crippen LogP contribution in [0.15, 0.2) is 53.9 Å². The third-order valence-electron chi connectivity index (χ3n) is 3.62. The van der Waals surface area contributed by atoms with Crippen LogP contribution in [0, 0.1) is 0 Å². The topological polar surface area (TPSA) is 81.9 Å². The van der Waals surface area contributed by atoms with Crippen LogP contribution >= 0.6 is 23.4 Å². The lowest BCUT2D eigenvalue weighted by Crippen LogP contribution is -2.15. The van der Waals surface area contributed by atoms with E-state index in [-0.39, 0.29) is 11.7 Å². The van der Waals surface area contributed by atoms with E-state index in [1.54, 1.807) is 43.8 Å². The molecule has 0 atom stereocenters. The Labute approximate surface area is 166 Å². The number of benzene rings is 1. The van der Waals surface area contributed by atoms with Gasteiger partial charge in [0.15, 0.2) is 11.0 Å². The molecule has 1 aromatic carbocycles. The van der Waals surface area contributed by atoms with E-state index in [2.05, 4.69) is 20.5 Å². The number of nitrogens with zero attached hydrogens (tertiary/aromatic N) is 4. The SMILES string of the molecule is COCCn1c(SCC(=O)Nc2ccc(Cl)cc2)nnc1-c1cccnc1. The normalized spacial score (nSPS) is 10.7. The summed E-state index contributed by atoms with van der Waals surface area (Å²) in [5, 5.41) is 12.6. The highest BCUT2D eigenvalue weighted by Gasteiger charge is 2.15. The zero-order chi connectivity index (χ0) is 19.1. The van der Waals surface area contributed by atoms with Gasteiger partial charge < -0.3 is 10.1 Å². The Morgan fingerprint density at radius 1 is 1.26 bits per heavy atom. The van der Waals surface area contributed by atoms with Crippen molar-refractivity contribution in [2.24, 2.45) is 0 Å². The van der Waals surface area contributed by atoms with E-state index < -0.39 is 0 Å². The summed E-state index contributed by atoms with van der Waals surface area (Å²) in [6, 6.07) is 10.7. The van der Waals surface area contributed by atoms with Gasteiger partial charge in [-0.2, -0.15) is 0 Å². The Morgan fingerprint density at radius 2 is 2.07 bits per heavy atom. The van der Waals surface area contributed by atoms with E-state index in [4.69, 9.17) is 16.3 Å². The van der Waals surface area contributed by atoms with Crippen LogP contribution < -0.4 is 5.32 Å². The van der Waals surface area contributed by atoms with Gasteiger partial charge in [-0.3, -0.25) is 14.3 Å². The molecule has 0 saturated carbocycles. The first-order valence-corrected chi connectivity index (χ1v) is 9.54. The number of aromatic nitrogens is 4. The fourth-order valence-electron chi connectivity index (χ4n) is 2.35. The monoisotopic (exact) mass is 403 g/mol. The number of hydrogen-bond acceptors (Lipinski definition) is 6. The Hall–Kier alpha value is -2.42. The van der Waals surface area contributed by atoms with Gasteiger partial charge in [-0.1, -0.05) is 23.4 Å². The zero-order valence-corrected chi connectivity index (χ0v) is 16.2. The second-order valence-corrected chi connectivity index (χ2v) is 6.91. The first kappa shape index (κ1) is 19.3. The Kier molecular flexibility index (Phi) is 6.80. The summed E-state index contributed by atoms with van der Waals surface area (Å²) in [7, 11) is 1.64. The summed E-state index contributed by atoms with van der Waals surface area (Å²) >= 11 is 7.17. The van der Waals surface area contributed by atoms with Crippen LogP contribution in [0.25, 0.3) is 11.4 Å². The van der Waals surface area contributed by atoms with Crippen molar-refractivity contribution in [3.63, 3.8) is 0 Å². The maximum Gasteiger partial charge on any atom is 0.234 e. The number of ether oxygens (including phenoxy) is 1. The van der Waals surface area contributed by atoms with Crippen LogP contribution in [0.4, 0.5) is 5.69 Å². The minimum Gasteiger partial charge on any atom is -0.383 e. The minimum atomic E-state index is -0.133. The summed E-state index contributed by atoms with van der Waals surface area (Å²) in [4.78, 5) is 16.3. The second-order valence-electron chi connectivity index (χ2n) is 5.54. The Balaban J connectivity index is 1.69. The number of anilines is 1. The number of nitrogens with one attached hydrogen (secondary N) is 1. The molecule has 3 aromatic rings. The highest BCUT2D eigenvalue weighted by atomic mass is 35.5. The number of halogens is 1. The van der Waals surface area contributed by atoms with Crippen molar-refractivity contribution < 1.29 is 9.53 Å². The molecule has 0 fully saturated rings. The summed E-state index contributed by atoms with van der Waals surface area (Å²) < 4.78 is 7.12. The highest BCUT2D eigenvalue weighted by Crippen LogP contribution is 2.23. The van der Waals surface area contributed by atoms with Crippen LogP contribution in [0.3, 0.4) is 0 Å². The molecular weight excluding hydrogens is 386 g/mol. The van der Waals surface area contributed by atoms with Gasteiger partial charge in [-0.15, -0.1) is 10.2 Å². The summed E-state index contributed by atoms with van der Waals surface area (Å²) in [5.74, 6) is 0.771. The van der Waals surface area contributed by atoms with Crippen molar-refractivity contribution in [1.82, 2.24) is 19.7 Å². The van der Waals surface area contributed by atoms with Gasteiger partial charge in [0.2, 0.25) is 5.91 Å². The molecule has 7 nitrogen and oxygen atoms in total. The van der Waals surface area contributed by atoms with Gasteiger partial charge in [0.1, 0.15) is 0 Å². The van der Waals surface area contributed by atoms with Crippen molar-refractivity contribution in [2.45, 2.75) is 11.7 Å². The lowest BCUT2D eigenvalue weighted by molar-refractivity contribution is -0.113. The molecule has 2 aromatic heterocycles. The smallest absolute Gasteiger partial charge is 0.234 e. The molecule has 9 heteroatoms. The molecule has 2 heterocycles. The molecular formula is C18H18ClN5O2S. The molecule has 0 spiro atoms. The molecule has 0 radical (unpaired) electrons. The van der Waals surface area contributed by atoms with E-state index >= 15 is 0 Å². The minimum absolute atomic E-state index is 0.133. The Bertz CT molecular complexity index is 887. The van der Waals surface area contributed by atoms with Gasteiger partial charge in [0, 0.05) is 35.8 Å². The van der Waals surface area contributed by atoms with Crippen LogP contribution in [0.2, 0.25) is 5.02 Å². The van der Waals surface area contributed by atoms with Gasteiger partial charge in [-0.25, -0.2) is 0 Å². The molecule has 0 bridgehead atoms. The summed E-state index contributed by atoms with van der Waals surface area (Å²) in [6.07, 6.45) is 3.44. The average Bonchev–Trinajstić information content (AvgIpc) is 3.10. The van der Waals surface area contributed by atoms with E-state index in [0.29, 0.717) is 34.8 Å². The number of carbonyl (C=O) groups is 1. The van der Waals surface area contributed by atoms with E-state index in [9.17, 15) is 4.79 Å². The number of amides is 1. The number of pyridine rings is 1. The number of thioether (sulfide) groups is 1. The van der Waals surface area contributed by atoms with Crippen LogP contribution in [-0.4, -0.2) is 45.1 Å². The van der Waals surface area contributed by atoms with Crippen molar-refractivity contribution in [3.8, 4) is 11.4 Å². The molecule has 140 valence electrons. The predicted molar refractivity (Wildman–Crippen MR) is 106 cm³/mol. The fourth-order valence-corrected chi connectivity index (χ4v) is 3.24. The first-order chi connectivity index (χ1) is 13.2. The van der Waals surface area contributed by atoms with Crippen molar-refractivity contribution in [1.29, 1.82) is 0 Å². The zero-order valence-electron chi connectivity index (χ0n) is 14.6. The Morgan fingerprint density at radius 3 is 2.78 bits per heavy atom. The summed E-state index contributed by atoms with van der Waals surface area (Å²) in [6.45, 7) is 1.09. The summed E-state index contributed by atoms with van der Waals surface area (Å²) in [5.41, 5.74) is 1.56. The van der Waals surface area contributed by atoms with E-state index in [1.807, 2.05) is 16.7 Å². The van der Waals surface area contributed by atoms with Crippen molar-refractivity contribution in [2.75, 3.05) is 24.8 Å². The predicted octanol–water partition coefficient (Wildman–Crippen LogP) is 3.37. The maximum absolute atomic E-state index is 12.2. The molecule has 1 N–H and O–H groups in total. The third-order valence-corrected chi connectivity index (χ3v) is 4.83. The molecule has 0 aliphatic heterocycles.